The quantitative estimate of drug-likeness (QED) is 0.642. The van der Waals surface area contributed by atoms with Crippen LogP contribution in [0.4, 0.5) is 10.1 Å². The highest BCUT2D eigenvalue weighted by Gasteiger charge is 2.19. The van der Waals surface area contributed by atoms with Crippen LogP contribution >= 0.6 is 0 Å². The Bertz CT molecular complexity index is 586. The predicted octanol–water partition coefficient (Wildman–Crippen LogP) is 1.18. The first-order chi connectivity index (χ1) is 11.2. The van der Waals surface area contributed by atoms with E-state index in [4.69, 9.17) is 5.73 Å². The Kier molecular flexibility index (Phi) is 5.64. The monoisotopic (exact) mass is 335 g/mol. The fourth-order valence-electron chi connectivity index (χ4n) is 2.56. The first-order valence-electron chi connectivity index (χ1n) is 8.11. The lowest BCUT2D eigenvalue weighted by atomic mass is 10.1. The Morgan fingerprint density at radius 1 is 1.21 bits per heavy atom. The molecule has 1 aliphatic heterocycles. The molecule has 1 amide bonds. The van der Waals surface area contributed by atoms with Crippen molar-refractivity contribution in [2.24, 2.45) is 10.7 Å². The molecule has 0 unspecified atom stereocenters. The molecule has 0 aliphatic carbocycles. The van der Waals surface area contributed by atoms with Crippen molar-refractivity contribution in [1.29, 1.82) is 0 Å². The zero-order valence-corrected chi connectivity index (χ0v) is 14.6. The van der Waals surface area contributed by atoms with Crippen LogP contribution in [0.1, 0.15) is 20.8 Å². The van der Waals surface area contributed by atoms with Gasteiger partial charge in [0.2, 0.25) is 5.91 Å². The summed E-state index contributed by atoms with van der Waals surface area (Å²) in [7, 11) is 0. The van der Waals surface area contributed by atoms with Crippen LogP contribution in [0.25, 0.3) is 0 Å². The zero-order valence-electron chi connectivity index (χ0n) is 14.6. The van der Waals surface area contributed by atoms with E-state index in [1.165, 1.54) is 12.1 Å². The molecule has 0 bridgehead atoms. The van der Waals surface area contributed by atoms with Gasteiger partial charge in [-0.15, -0.1) is 0 Å². The molecule has 3 N–H and O–H groups in total. The first kappa shape index (κ1) is 18.0. The van der Waals surface area contributed by atoms with Gasteiger partial charge in [0.05, 0.1) is 0 Å². The molecule has 6 nitrogen and oxygen atoms in total. The smallest absolute Gasteiger partial charge is 0.242 e. The number of carbonyl (C=O) groups excluding carboxylic acids is 1. The summed E-state index contributed by atoms with van der Waals surface area (Å²) in [5.74, 6) is 0.00973. The molecule has 0 atom stereocenters. The van der Waals surface area contributed by atoms with Crippen molar-refractivity contribution < 1.29 is 9.18 Å². The Morgan fingerprint density at radius 3 is 2.33 bits per heavy atom. The number of anilines is 1. The van der Waals surface area contributed by atoms with E-state index in [2.05, 4.69) is 15.2 Å². The van der Waals surface area contributed by atoms with E-state index in [1.807, 2.05) is 25.7 Å². The van der Waals surface area contributed by atoms with Crippen molar-refractivity contribution in [3.05, 3.63) is 30.1 Å². The summed E-state index contributed by atoms with van der Waals surface area (Å²) in [6.07, 6.45) is 0. The van der Waals surface area contributed by atoms with Gasteiger partial charge in [0.15, 0.2) is 5.96 Å². The van der Waals surface area contributed by atoms with Gasteiger partial charge in [0.25, 0.3) is 0 Å². The largest absolute Gasteiger partial charge is 0.370 e. The average molecular weight is 335 g/mol. The summed E-state index contributed by atoms with van der Waals surface area (Å²) in [5, 5.41) is 2.85. The van der Waals surface area contributed by atoms with Gasteiger partial charge in [0, 0.05) is 37.4 Å². The van der Waals surface area contributed by atoms with Crippen LogP contribution in [-0.4, -0.2) is 55.0 Å². The van der Waals surface area contributed by atoms with Gasteiger partial charge in [-0.25, -0.2) is 9.38 Å². The highest BCUT2D eigenvalue weighted by Crippen LogP contribution is 2.16. The number of benzene rings is 1. The van der Waals surface area contributed by atoms with Crippen LogP contribution in [0.5, 0.6) is 0 Å². The third-order valence-electron chi connectivity index (χ3n) is 3.69. The summed E-state index contributed by atoms with van der Waals surface area (Å²) in [5.41, 5.74) is 6.71. The molecule has 1 aromatic rings. The Balaban J connectivity index is 1.83. The highest BCUT2D eigenvalue weighted by molar-refractivity contribution is 5.84. The van der Waals surface area contributed by atoms with E-state index in [9.17, 15) is 9.18 Å². The number of carbonyl (C=O) groups is 1. The molecule has 1 aliphatic rings. The van der Waals surface area contributed by atoms with E-state index < -0.39 is 0 Å². The second-order valence-corrected chi connectivity index (χ2v) is 6.92. The molecule has 1 fully saturated rings. The van der Waals surface area contributed by atoms with Gasteiger partial charge in [-0.1, -0.05) is 0 Å². The van der Waals surface area contributed by atoms with Crippen LogP contribution in [-0.2, 0) is 4.79 Å². The number of nitrogens with one attached hydrogen (secondary N) is 1. The molecule has 0 saturated carbocycles. The molecular formula is C17H26FN5O. The van der Waals surface area contributed by atoms with Crippen molar-refractivity contribution in [3.63, 3.8) is 0 Å². The number of guanidine groups is 1. The summed E-state index contributed by atoms with van der Waals surface area (Å²) in [4.78, 5) is 20.1. The molecule has 1 saturated heterocycles. The van der Waals surface area contributed by atoms with Crippen LogP contribution in [0.2, 0.25) is 0 Å². The summed E-state index contributed by atoms with van der Waals surface area (Å²) >= 11 is 0. The fourth-order valence-corrected chi connectivity index (χ4v) is 2.56. The molecule has 2 rings (SSSR count). The summed E-state index contributed by atoms with van der Waals surface area (Å²) in [6.45, 7) is 8.78. The van der Waals surface area contributed by atoms with E-state index in [-0.39, 0.29) is 23.8 Å². The molecule has 7 heteroatoms. The minimum absolute atomic E-state index is 0.0290. The molecule has 0 aromatic heterocycles. The van der Waals surface area contributed by atoms with Gasteiger partial charge in [-0.2, -0.15) is 0 Å². The van der Waals surface area contributed by atoms with Crippen molar-refractivity contribution in [2.75, 3.05) is 37.6 Å². The molecule has 24 heavy (non-hydrogen) atoms. The van der Waals surface area contributed by atoms with Crippen LogP contribution < -0.4 is 16.0 Å². The number of nitrogens with two attached hydrogens (primary N) is 1. The molecule has 0 spiro atoms. The van der Waals surface area contributed by atoms with E-state index in [0.717, 1.165) is 18.8 Å². The average Bonchev–Trinajstić information content (AvgIpc) is 2.52. The fraction of sp³-hybridized carbons (Fsp3) is 0.529. The molecule has 132 valence electrons. The van der Waals surface area contributed by atoms with Crippen molar-refractivity contribution in [1.82, 2.24) is 10.2 Å². The third kappa shape index (κ3) is 5.40. The number of hydrogen-bond acceptors (Lipinski definition) is 3. The summed E-state index contributed by atoms with van der Waals surface area (Å²) < 4.78 is 13.0. The molecule has 1 aromatic carbocycles. The maximum atomic E-state index is 13.0. The lowest BCUT2D eigenvalue weighted by Crippen LogP contribution is -2.51. The third-order valence-corrected chi connectivity index (χ3v) is 3.69. The van der Waals surface area contributed by atoms with E-state index >= 15 is 0 Å². The zero-order chi connectivity index (χ0) is 17.7. The number of nitrogens with zero attached hydrogens (tertiary/aromatic N) is 3. The Labute approximate surface area is 142 Å². The predicted molar refractivity (Wildman–Crippen MR) is 94.6 cm³/mol. The van der Waals surface area contributed by atoms with Crippen LogP contribution in [0.15, 0.2) is 29.3 Å². The first-order valence-corrected chi connectivity index (χ1v) is 8.11. The normalized spacial score (nSPS) is 16.2. The molecule has 0 radical (unpaired) electrons. The molecule has 1 heterocycles. The lowest BCUT2D eigenvalue weighted by Gasteiger charge is -2.36. The maximum Gasteiger partial charge on any atom is 0.242 e. The SMILES string of the molecule is CC(C)(C)NC(=O)CN=C(N)N1CCN(c2ccc(F)cc2)CC1. The van der Waals surface area contributed by atoms with Crippen LogP contribution in [0, 0.1) is 5.82 Å². The van der Waals surface area contributed by atoms with Gasteiger partial charge in [0.1, 0.15) is 12.4 Å². The summed E-state index contributed by atoms with van der Waals surface area (Å²) in [6, 6.07) is 6.48. The second-order valence-electron chi connectivity index (χ2n) is 6.92. The van der Waals surface area contributed by atoms with Crippen molar-refractivity contribution in [3.8, 4) is 0 Å². The number of halogens is 1. The van der Waals surface area contributed by atoms with Crippen LogP contribution in [0.3, 0.4) is 0 Å². The standard InChI is InChI=1S/C17H26FN5O/c1-17(2,3)21-15(24)12-20-16(19)23-10-8-22(9-11-23)14-6-4-13(18)5-7-14/h4-7H,8-12H2,1-3H3,(H2,19,20)(H,21,24). The van der Waals surface area contributed by atoms with E-state index in [0.29, 0.717) is 19.0 Å². The van der Waals surface area contributed by atoms with Crippen molar-refractivity contribution >= 4 is 17.6 Å². The van der Waals surface area contributed by atoms with Gasteiger partial charge in [-0.3, -0.25) is 4.79 Å². The highest BCUT2D eigenvalue weighted by atomic mass is 19.1. The number of piperazine rings is 1. The lowest BCUT2D eigenvalue weighted by molar-refractivity contribution is -0.121. The maximum absolute atomic E-state index is 13.0. The van der Waals surface area contributed by atoms with Crippen molar-refractivity contribution in [2.45, 2.75) is 26.3 Å². The van der Waals surface area contributed by atoms with Gasteiger partial charge in [-0.05, 0) is 45.0 Å². The minimum atomic E-state index is -0.276. The molecular weight excluding hydrogens is 309 g/mol. The number of rotatable bonds is 3. The topological polar surface area (TPSA) is 74.0 Å². The van der Waals surface area contributed by atoms with Gasteiger partial charge < -0.3 is 20.9 Å². The Hall–Kier alpha value is -2.31. The number of hydrogen-bond donors (Lipinski definition) is 2. The minimum Gasteiger partial charge on any atom is -0.370 e. The number of aliphatic imine (C=N–C) groups is 1. The van der Waals surface area contributed by atoms with Gasteiger partial charge >= 0.3 is 0 Å². The number of amides is 1. The second kappa shape index (κ2) is 7.51. The van der Waals surface area contributed by atoms with E-state index in [1.54, 1.807) is 12.1 Å². The Morgan fingerprint density at radius 2 is 1.79 bits per heavy atom.